The van der Waals surface area contributed by atoms with Gasteiger partial charge in [-0.1, -0.05) is 51.1 Å². The summed E-state index contributed by atoms with van der Waals surface area (Å²) in [6.07, 6.45) is 4.14. The summed E-state index contributed by atoms with van der Waals surface area (Å²) in [5.41, 5.74) is 2.61. The van der Waals surface area contributed by atoms with Crippen molar-refractivity contribution in [1.29, 1.82) is 0 Å². The van der Waals surface area contributed by atoms with E-state index in [1.54, 1.807) is 0 Å². The monoisotopic (exact) mass is 271 g/mol. The molecular formula is C17H25N3. The van der Waals surface area contributed by atoms with E-state index in [1.165, 1.54) is 11.1 Å². The zero-order valence-electron chi connectivity index (χ0n) is 12.9. The normalized spacial score (nSPS) is 13.4. The molecule has 0 aliphatic rings. The van der Waals surface area contributed by atoms with Gasteiger partial charge in [0.1, 0.15) is 0 Å². The van der Waals surface area contributed by atoms with Gasteiger partial charge < -0.3 is 5.32 Å². The summed E-state index contributed by atoms with van der Waals surface area (Å²) in [4.78, 5) is 0. The third kappa shape index (κ3) is 2.93. The Bertz CT molecular complexity index is 528. The van der Waals surface area contributed by atoms with Crippen LogP contribution in [0.3, 0.4) is 0 Å². The molecule has 0 saturated heterocycles. The SMILES string of the molecule is CCNC(c1cnn(CC)c1)C(C)(C)c1ccccc1. The molecule has 0 aliphatic heterocycles. The van der Waals surface area contributed by atoms with Crippen LogP contribution in [0, 0.1) is 0 Å². The van der Waals surface area contributed by atoms with Crippen LogP contribution < -0.4 is 5.32 Å². The Morgan fingerprint density at radius 3 is 2.45 bits per heavy atom. The van der Waals surface area contributed by atoms with E-state index in [4.69, 9.17) is 0 Å². The Morgan fingerprint density at radius 1 is 1.20 bits per heavy atom. The number of aryl methyl sites for hydroxylation is 1. The maximum atomic E-state index is 4.42. The van der Waals surface area contributed by atoms with E-state index < -0.39 is 0 Å². The highest BCUT2D eigenvalue weighted by molar-refractivity contribution is 5.30. The fourth-order valence-corrected chi connectivity index (χ4v) is 2.73. The van der Waals surface area contributed by atoms with Gasteiger partial charge in [0, 0.05) is 29.8 Å². The Balaban J connectivity index is 2.36. The van der Waals surface area contributed by atoms with Crippen LogP contribution in [0.5, 0.6) is 0 Å². The van der Waals surface area contributed by atoms with Crippen LogP contribution in [0.15, 0.2) is 42.7 Å². The van der Waals surface area contributed by atoms with E-state index in [0.717, 1.165) is 13.1 Å². The van der Waals surface area contributed by atoms with Crippen molar-refractivity contribution in [3.05, 3.63) is 53.9 Å². The molecule has 1 aromatic carbocycles. The fourth-order valence-electron chi connectivity index (χ4n) is 2.73. The maximum Gasteiger partial charge on any atom is 0.0537 e. The van der Waals surface area contributed by atoms with E-state index in [1.807, 2.05) is 10.9 Å². The van der Waals surface area contributed by atoms with E-state index in [-0.39, 0.29) is 11.5 Å². The standard InChI is InChI=1S/C17H25N3/c1-5-18-16(14-12-19-20(6-2)13-14)17(3,4)15-10-8-7-9-11-15/h7-13,16,18H,5-6H2,1-4H3. The van der Waals surface area contributed by atoms with Gasteiger partial charge in [0.25, 0.3) is 0 Å². The second-order valence-corrected chi connectivity index (χ2v) is 5.71. The van der Waals surface area contributed by atoms with Crippen LogP contribution in [0.25, 0.3) is 0 Å². The van der Waals surface area contributed by atoms with Gasteiger partial charge in [-0.2, -0.15) is 5.10 Å². The minimum absolute atomic E-state index is 0.0128. The molecule has 20 heavy (non-hydrogen) atoms. The number of benzene rings is 1. The topological polar surface area (TPSA) is 29.9 Å². The van der Waals surface area contributed by atoms with Gasteiger partial charge in [0.2, 0.25) is 0 Å². The van der Waals surface area contributed by atoms with Crippen molar-refractivity contribution in [2.24, 2.45) is 0 Å². The van der Waals surface area contributed by atoms with Crippen molar-refractivity contribution in [3.63, 3.8) is 0 Å². The van der Waals surface area contributed by atoms with Gasteiger partial charge in [-0.25, -0.2) is 0 Å². The van der Waals surface area contributed by atoms with E-state index >= 15 is 0 Å². The highest BCUT2D eigenvalue weighted by Gasteiger charge is 2.32. The summed E-state index contributed by atoms with van der Waals surface area (Å²) in [5, 5.41) is 8.04. The molecule has 3 heteroatoms. The molecule has 0 bridgehead atoms. The van der Waals surface area contributed by atoms with Gasteiger partial charge in [-0.05, 0) is 19.0 Å². The number of hydrogen-bond acceptors (Lipinski definition) is 2. The number of nitrogens with zero attached hydrogens (tertiary/aromatic N) is 2. The van der Waals surface area contributed by atoms with Crippen LogP contribution in [-0.2, 0) is 12.0 Å². The highest BCUT2D eigenvalue weighted by Crippen LogP contribution is 2.36. The number of aromatic nitrogens is 2. The molecule has 0 spiro atoms. The van der Waals surface area contributed by atoms with Gasteiger partial charge in [0.15, 0.2) is 0 Å². The molecule has 0 radical (unpaired) electrons. The average Bonchev–Trinajstić information content (AvgIpc) is 2.94. The minimum Gasteiger partial charge on any atom is -0.309 e. The number of hydrogen-bond donors (Lipinski definition) is 1. The first-order chi connectivity index (χ1) is 9.59. The lowest BCUT2D eigenvalue weighted by atomic mass is 9.75. The van der Waals surface area contributed by atoms with Crippen molar-refractivity contribution in [2.45, 2.75) is 45.7 Å². The Labute approximate surface area is 122 Å². The molecule has 1 unspecified atom stereocenters. The van der Waals surface area contributed by atoms with Crippen molar-refractivity contribution in [1.82, 2.24) is 15.1 Å². The largest absolute Gasteiger partial charge is 0.309 e. The summed E-state index contributed by atoms with van der Waals surface area (Å²) >= 11 is 0. The fraction of sp³-hybridized carbons (Fsp3) is 0.471. The summed E-state index contributed by atoms with van der Waals surface area (Å²) in [7, 11) is 0. The average molecular weight is 271 g/mol. The van der Waals surface area contributed by atoms with Crippen LogP contribution >= 0.6 is 0 Å². The highest BCUT2D eigenvalue weighted by atomic mass is 15.3. The number of rotatable bonds is 6. The molecule has 1 heterocycles. The zero-order chi connectivity index (χ0) is 14.6. The van der Waals surface area contributed by atoms with Crippen molar-refractivity contribution in [2.75, 3.05) is 6.54 Å². The molecule has 1 aromatic heterocycles. The summed E-state index contributed by atoms with van der Waals surface area (Å²) in [5.74, 6) is 0. The molecule has 2 rings (SSSR count). The molecule has 3 nitrogen and oxygen atoms in total. The lowest BCUT2D eigenvalue weighted by Gasteiger charge is -2.35. The summed E-state index contributed by atoms with van der Waals surface area (Å²) < 4.78 is 1.99. The lowest BCUT2D eigenvalue weighted by Crippen LogP contribution is -2.37. The Hall–Kier alpha value is -1.61. The summed E-state index contributed by atoms with van der Waals surface area (Å²) in [6, 6.07) is 10.9. The molecule has 1 atom stereocenters. The molecule has 0 fully saturated rings. The number of nitrogens with one attached hydrogen (secondary N) is 1. The Morgan fingerprint density at radius 2 is 1.90 bits per heavy atom. The third-order valence-electron chi connectivity index (χ3n) is 3.96. The van der Waals surface area contributed by atoms with Gasteiger partial charge >= 0.3 is 0 Å². The molecule has 1 N–H and O–H groups in total. The van der Waals surface area contributed by atoms with Crippen LogP contribution in [0.2, 0.25) is 0 Å². The van der Waals surface area contributed by atoms with Gasteiger partial charge in [-0.15, -0.1) is 0 Å². The molecular weight excluding hydrogens is 246 g/mol. The first kappa shape index (κ1) is 14.8. The smallest absolute Gasteiger partial charge is 0.0537 e. The molecule has 0 aliphatic carbocycles. The molecule has 108 valence electrons. The van der Waals surface area contributed by atoms with Crippen molar-refractivity contribution in [3.8, 4) is 0 Å². The van der Waals surface area contributed by atoms with E-state index in [9.17, 15) is 0 Å². The number of likely N-dealkylation sites (N-methyl/N-ethyl adjacent to an activating group) is 1. The van der Waals surface area contributed by atoms with Crippen molar-refractivity contribution < 1.29 is 0 Å². The lowest BCUT2D eigenvalue weighted by molar-refractivity contribution is 0.353. The molecule has 2 aromatic rings. The summed E-state index contributed by atoms with van der Waals surface area (Å²) in [6.45, 7) is 10.7. The van der Waals surface area contributed by atoms with E-state index in [0.29, 0.717) is 0 Å². The Kier molecular flexibility index (Phi) is 4.61. The zero-order valence-corrected chi connectivity index (χ0v) is 12.9. The van der Waals surface area contributed by atoms with Crippen LogP contribution in [0.4, 0.5) is 0 Å². The van der Waals surface area contributed by atoms with Gasteiger partial charge in [-0.3, -0.25) is 4.68 Å². The predicted octanol–water partition coefficient (Wildman–Crippen LogP) is 3.53. The van der Waals surface area contributed by atoms with Crippen LogP contribution in [0.1, 0.15) is 44.9 Å². The first-order valence-electron chi connectivity index (χ1n) is 7.40. The third-order valence-corrected chi connectivity index (χ3v) is 3.96. The predicted molar refractivity (Wildman–Crippen MR) is 83.8 cm³/mol. The first-order valence-corrected chi connectivity index (χ1v) is 7.40. The maximum absolute atomic E-state index is 4.42. The second-order valence-electron chi connectivity index (χ2n) is 5.71. The molecule has 0 saturated carbocycles. The van der Waals surface area contributed by atoms with Crippen LogP contribution in [-0.4, -0.2) is 16.3 Å². The van der Waals surface area contributed by atoms with Crippen molar-refractivity contribution >= 4 is 0 Å². The quantitative estimate of drug-likeness (QED) is 0.871. The minimum atomic E-state index is 0.0128. The van der Waals surface area contributed by atoms with E-state index in [2.05, 4.69) is 74.6 Å². The second kappa shape index (κ2) is 6.23. The van der Waals surface area contributed by atoms with Gasteiger partial charge in [0.05, 0.1) is 6.20 Å². The molecule has 0 amide bonds.